The number of amides is 1. The molecule has 0 N–H and O–H groups in total. The van der Waals surface area contributed by atoms with Crippen molar-refractivity contribution in [3.05, 3.63) is 58.1 Å². The Balaban J connectivity index is 1.74. The van der Waals surface area contributed by atoms with Gasteiger partial charge in [-0.05, 0) is 58.9 Å². The Kier molecular flexibility index (Phi) is 6.30. The summed E-state index contributed by atoms with van der Waals surface area (Å²) in [5.74, 6) is -0.0404. The predicted molar refractivity (Wildman–Crippen MR) is 112 cm³/mol. The van der Waals surface area contributed by atoms with Gasteiger partial charge >= 0.3 is 0 Å². The van der Waals surface area contributed by atoms with E-state index in [2.05, 4.69) is 15.9 Å². The molecule has 144 valence electrons. The minimum atomic E-state index is -3.58. The fourth-order valence-electron chi connectivity index (χ4n) is 3.05. The van der Waals surface area contributed by atoms with Crippen LogP contribution < -0.4 is 0 Å². The maximum absolute atomic E-state index is 12.9. The van der Waals surface area contributed by atoms with Crippen LogP contribution in [0, 0.1) is 6.92 Å². The summed E-state index contributed by atoms with van der Waals surface area (Å²) in [5, 5.41) is 0. The third kappa shape index (κ3) is 4.23. The van der Waals surface area contributed by atoms with Crippen molar-refractivity contribution in [3.63, 3.8) is 0 Å². The number of aryl methyl sites for hydroxylation is 1. The van der Waals surface area contributed by atoms with E-state index >= 15 is 0 Å². The fraction of sp³-hybridized carbons (Fsp3) is 0.316. The van der Waals surface area contributed by atoms with Crippen molar-refractivity contribution < 1.29 is 13.2 Å². The molecule has 0 aromatic heterocycles. The largest absolute Gasteiger partial charge is 0.336 e. The van der Waals surface area contributed by atoms with Gasteiger partial charge in [-0.2, -0.15) is 4.31 Å². The fourth-order valence-corrected chi connectivity index (χ4v) is 5.88. The van der Waals surface area contributed by atoms with E-state index in [9.17, 15) is 13.2 Å². The molecule has 2 aromatic carbocycles. The molecule has 1 heterocycles. The van der Waals surface area contributed by atoms with E-state index in [1.54, 1.807) is 40.9 Å². The lowest BCUT2D eigenvalue weighted by atomic mass is 10.1. The smallest absolute Gasteiger partial charge is 0.254 e. The second kappa shape index (κ2) is 8.34. The third-order valence-corrected chi connectivity index (χ3v) is 8.29. The van der Waals surface area contributed by atoms with E-state index in [1.165, 1.54) is 4.31 Å². The van der Waals surface area contributed by atoms with E-state index in [0.717, 1.165) is 10.5 Å². The Morgan fingerprint density at radius 3 is 2.37 bits per heavy atom. The Morgan fingerprint density at radius 1 is 1.07 bits per heavy atom. The van der Waals surface area contributed by atoms with Gasteiger partial charge in [-0.1, -0.05) is 18.2 Å². The van der Waals surface area contributed by atoms with Crippen molar-refractivity contribution >= 4 is 43.6 Å². The van der Waals surface area contributed by atoms with Gasteiger partial charge in [0, 0.05) is 41.1 Å². The van der Waals surface area contributed by atoms with Crippen molar-refractivity contribution in [1.82, 2.24) is 9.21 Å². The number of carbonyl (C=O) groups excluding carboxylic acids is 1. The average Bonchev–Trinajstić information content (AvgIpc) is 2.68. The molecule has 5 nitrogen and oxygen atoms in total. The lowest BCUT2D eigenvalue weighted by Gasteiger charge is -2.34. The first kappa shape index (κ1) is 20.4. The van der Waals surface area contributed by atoms with Gasteiger partial charge in [0.05, 0.1) is 4.90 Å². The van der Waals surface area contributed by atoms with E-state index in [-0.39, 0.29) is 23.9 Å². The zero-order valence-electron chi connectivity index (χ0n) is 15.2. The number of carbonyl (C=O) groups is 1. The molecule has 0 atom stereocenters. The number of benzene rings is 2. The molecule has 1 aliphatic heterocycles. The molecular weight excluding hydrogens is 448 g/mol. The normalized spacial score (nSPS) is 15.7. The number of halogens is 1. The minimum Gasteiger partial charge on any atom is -0.336 e. The molecule has 1 fully saturated rings. The quantitative estimate of drug-likeness (QED) is 0.642. The summed E-state index contributed by atoms with van der Waals surface area (Å²) in [6.45, 7) is 3.26. The van der Waals surface area contributed by atoms with Gasteiger partial charge in [0.25, 0.3) is 5.91 Å². The van der Waals surface area contributed by atoms with E-state index < -0.39 is 10.0 Å². The highest BCUT2D eigenvalue weighted by molar-refractivity contribution is 9.10. The Morgan fingerprint density at radius 2 is 1.74 bits per heavy atom. The van der Waals surface area contributed by atoms with Crippen molar-refractivity contribution in [2.75, 3.05) is 32.4 Å². The first-order chi connectivity index (χ1) is 12.8. The molecule has 2 aromatic rings. The summed E-state index contributed by atoms with van der Waals surface area (Å²) in [4.78, 5) is 15.9. The van der Waals surface area contributed by atoms with Crippen molar-refractivity contribution in [3.8, 4) is 0 Å². The van der Waals surface area contributed by atoms with Crippen LogP contribution in [0.5, 0.6) is 0 Å². The van der Waals surface area contributed by atoms with E-state index in [0.29, 0.717) is 23.1 Å². The monoisotopic (exact) mass is 468 g/mol. The van der Waals surface area contributed by atoms with Crippen LogP contribution in [0.1, 0.15) is 15.9 Å². The Labute approximate surface area is 172 Å². The van der Waals surface area contributed by atoms with Crippen LogP contribution in [0.4, 0.5) is 0 Å². The number of hydrogen-bond acceptors (Lipinski definition) is 4. The molecule has 1 aliphatic rings. The maximum Gasteiger partial charge on any atom is 0.254 e. The third-order valence-electron chi connectivity index (χ3n) is 4.66. The first-order valence-electron chi connectivity index (χ1n) is 8.53. The number of nitrogens with zero attached hydrogens (tertiary/aromatic N) is 2. The summed E-state index contributed by atoms with van der Waals surface area (Å²) in [6, 6.07) is 12.7. The number of piperazine rings is 1. The van der Waals surface area contributed by atoms with Crippen molar-refractivity contribution in [1.29, 1.82) is 0 Å². The highest BCUT2D eigenvalue weighted by Crippen LogP contribution is 2.26. The summed E-state index contributed by atoms with van der Waals surface area (Å²) >= 11 is 4.91. The van der Waals surface area contributed by atoms with Crippen LogP contribution in [0.2, 0.25) is 0 Å². The van der Waals surface area contributed by atoms with Crippen LogP contribution in [-0.2, 0) is 10.0 Å². The van der Waals surface area contributed by atoms with Crippen LogP contribution in [0.3, 0.4) is 0 Å². The SMILES string of the molecule is CSc1ccc(C)c(C(=O)N2CCN(S(=O)(=O)c3ccccc3Br)CC2)c1. The standard InChI is InChI=1S/C19H21BrN2O3S2/c1-14-7-8-15(26-2)13-16(14)19(23)21-9-11-22(12-10-21)27(24,25)18-6-4-3-5-17(18)20/h3-8,13H,9-12H2,1-2H3. The number of thioether (sulfide) groups is 1. The summed E-state index contributed by atoms with van der Waals surface area (Å²) in [5.41, 5.74) is 1.62. The second-order valence-corrected chi connectivity index (χ2v) is 9.95. The summed E-state index contributed by atoms with van der Waals surface area (Å²) in [7, 11) is -3.58. The van der Waals surface area contributed by atoms with Gasteiger partial charge in [-0.3, -0.25) is 4.79 Å². The Bertz CT molecular complexity index is 955. The zero-order valence-corrected chi connectivity index (χ0v) is 18.4. The van der Waals surface area contributed by atoms with Crippen LogP contribution in [-0.4, -0.2) is 56.0 Å². The number of hydrogen-bond donors (Lipinski definition) is 0. The molecule has 1 amide bonds. The molecule has 0 saturated carbocycles. The highest BCUT2D eigenvalue weighted by atomic mass is 79.9. The van der Waals surface area contributed by atoms with Gasteiger partial charge in [-0.25, -0.2) is 8.42 Å². The molecule has 8 heteroatoms. The number of rotatable bonds is 4. The molecule has 0 bridgehead atoms. The van der Waals surface area contributed by atoms with Crippen LogP contribution in [0.15, 0.2) is 56.7 Å². The molecule has 0 unspecified atom stereocenters. The molecule has 0 radical (unpaired) electrons. The molecule has 27 heavy (non-hydrogen) atoms. The van der Waals surface area contributed by atoms with Gasteiger partial charge in [0.15, 0.2) is 0 Å². The lowest BCUT2D eigenvalue weighted by molar-refractivity contribution is 0.0697. The van der Waals surface area contributed by atoms with Gasteiger partial charge in [0.1, 0.15) is 0 Å². The summed E-state index contributed by atoms with van der Waals surface area (Å²) in [6.07, 6.45) is 1.98. The average molecular weight is 469 g/mol. The lowest BCUT2D eigenvalue weighted by Crippen LogP contribution is -2.50. The predicted octanol–water partition coefficient (Wildman–Crippen LogP) is 3.63. The molecule has 0 aliphatic carbocycles. The first-order valence-corrected chi connectivity index (χ1v) is 12.0. The zero-order chi connectivity index (χ0) is 19.6. The molecule has 1 saturated heterocycles. The Hall–Kier alpha value is -1.35. The van der Waals surface area contributed by atoms with Gasteiger partial charge < -0.3 is 4.90 Å². The second-order valence-electron chi connectivity index (χ2n) is 6.31. The molecular formula is C19H21BrN2O3S2. The highest BCUT2D eigenvalue weighted by Gasteiger charge is 2.31. The summed E-state index contributed by atoms with van der Waals surface area (Å²) < 4.78 is 27.8. The maximum atomic E-state index is 12.9. The minimum absolute atomic E-state index is 0.0404. The molecule has 3 rings (SSSR count). The van der Waals surface area contributed by atoms with Crippen LogP contribution >= 0.6 is 27.7 Å². The van der Waals surface area contributed by atoms with Gasteiger partial charge in [0.2, 0.25) is 10.0 Å². The van der Waals surface area contributed by atoms with E-state index in [1.807, 2.05) is 31.4 Å². The van der Waals surface area contributed by atoms with Gasteiger partial charge in [-0.15, -0.1) is 11.8 Å². The van der Waals surface area contributed by atoms with E-state index in [4.69, 9.17) is 0 Å². The number of sulfonamides is 1. The van der Waals surface area contributed by atoms with Crippen molar-refractivity contribution in [2.24, 2.45) is 0 Å². The van der Waals surface area contributed by atoms with Crippen LogP contribution in [0.25, 0.3) is 0 Å². The topological polar surface area (TPSA) is 57.7 Å². The van der Waals surface area contributed by atoms with Crippen molar-refractivity contribution in [2.45, 2.75) is 16.7 Å². The molecule has 0 spiro atoms.